The molecule has 2 aromatic rings. The molecule has 0 aliphatic carbocycles. The monoisotopic (exact) mass is 395 g/mol. The Morgan fingerprint density at radius 2 is 1.72 bits per heavy atom. The first-order chi connectivity index (χ1) is 13.9. The van der Waals surface area contributed by atoms with E-state index in [1.54, 1.807) is 29.2 Å². The van der Waals surface area contributed by atoms with E-state index in [0.29, 0.717) is 37.7 Å². The molecule has 0 N–H and O–H groups in total. The summed E-state index contributed by atoms with van der Waals surface area (Å²) in [6.07, 6.45) is 0.772. The van der Waals surface area contributed by atoms with E-state index < -0.39 is 5.79 Å². The molecule has 1 amide bonds. The molecule has 0 atom stereocenters. The molecule has 0 saturated carbocycles. The molecule has 2 heterocycles. The van der Waals surface area contributed by atoms with Gasteiger partial charge < -0.3 is 19.1 Å². The van der Waals surface area contributed by atoms with Gasteiger partial charge in [0.05, 0.1) is 25.4 Å². The largest absolute Gasteiger partial charge is 0.492 e. The molecular weight excluding hydrogens is 370 g/mol. The summed E-state index contributed by atoms with van der Waals surface area (Å²) in [7, 11) is 0. The summed E-state index contributed by atoms with van der Waals surface area (Å²) in [6.45, 7) is 7.17. The van der Waals surface area contributed by atoms with Crippen molar-refractivity contribution < 1.29 is 23.8 Å². The van der Waals surface area contributed by atoms with Crippen LogP contribution in [0.25, 0.3) is 0 Å². The summed E-state index contributed by atoms with van der Waals surface area (Å²) in [6, 6.07) is 11.0. The number of rotatable bonds is 5. The lowest BCUT2D eigenvalue weighted by molar-refractivity contribution is -0.257. The number of carbonyl (C=O) groups is 2. The molecule has 0 aromatic heterocycles. The maximum atomic E-state index is 13.4. The predicted molar refractivity (Wildman–Crippen MR) is 108 cm³/mol. The molecular formula is C23H25NO5. The molecule has 0 unspecified atom stereocenters. The number of amides is 1. The number of fused-ring (bicyclic) bond motifs is 2. The van der Waals surface area contributed by atoms with Crippen LogP contribution in [0.4, 0.5) is 5.69 Å². The van der Waals surface area contributed by atoms with Gasteiger partial charge >= 0.3 is 0 Å². The minimum absolute atomic E-state index is 0.0134. The maximum Gasteiger partial charge on any atom is 0.292 e. The van der Waals surface area contributed by atoms with Crippen LogP contribution >= 0.6 is 0 Å². The van der Waals surface area contributed by atoms with Gasteiger partial charge in [0.25, 0.3) is 11.7 Å². The van der Waals surface area contributed by atoms with Gasteiger partial charge in [-0.3, -0.25) is 9.59 Å². The van der Waals surface area contributed by atoms with Crippen molar-refractivity contribution in [3.63, 3.8) is 0 Å². The summed E-state index contributed by atoms with van der Waals surface area (Å²) >= 11 is 0. The fourth-order valence-corrected chi connectivity index (χ4v) is 4.00. The van der Waals surface area contributed by atoms with Crippen molar-refractivity contribution in [3.05, 3.63) is 58.7 Å². The van der Waals surface area contributed by atoms with Crippen LogP contribution in [0, 0.1) is 13.8 Å². The van der Waals surface area contributed by atoms with Crippen LogP contribution in [-0.4, -0.2) is 38.1 Å². The lowest BCUT2D eigenvalue weighted by Crippen LogP contribution is -2.48. The van der Waals surface area contributed by atoms with Crippen LogP contribution in [-0.2, 0) is 20.1 Å². The van der Waals surface area contributed by atoms with Crippen molar-refractivity contribution in [1.82, 2.24) is 0 Å². The molecule has 6 heteroatoms. The average molecular weight is 395 g/mol. The fourth-order valence-electron chi connectivity index (χ4n) is 4.00. The van der Waals surface area contributed by atoms with Crippen LogP contribution in [0.5, 0.6) is 5.75 Å². The SMILES string of the molecule is CC(=O)c1ccc(OCCN2C(=O)C3(OCCCO3)c3c(C)ccc(C)c32)cc1. The van der Waals surface area contributed by atoms with Crippen molar-refractivity contribution in [1.29, 1.82) is 0 Å². The van der Waals surface area contributed by atoms with Gasteiger partial charge in [0.15, 0.2) is 5.78 Å². The van der Waals surface area contributed by atoms with Gasteiger partial charge in [0, 0.05) is 11.1 Å². The highest BCUT2D eigenvalue weighted by Gasteiger charge is 2.56. The summed E-state index contributed by atoms with van der Waals surface area (Å²) < 4.78 is 17.7. The number of anilines is 1. The van der Waals surface area contributed by atoms with E-state index >= 15 is 0 Å². The molecule has 0 bridgehead atoms. The lowest BCUT2D eigenvalue weighted by atomic mass is 9.97. The third-order valence-corrected chi connectivity index (χ3v) is 5.46. The number of hydrogen-bond acceptors (Lipinski definition) is 5. The number of benzene rings is 2. The lowest BCUT2D eigenvalue weighted by Gasteiger charge is -2.33. The summed E-state index contributed by atoms with van der Waals surface area (Å²) in [4.78, 5) is 26.5. The van der Waals surface area contributed by atoms with Crippen molar-refractivity contribution >= 4 is 17.4 Å². The van der Waals surface area contributed by atoms with E-state index in [9.17, 15) is 9.59 Å². The van der Waals surface area contributed by atoms with Crippen molar-refractivity contribution in [2.75, 3.05) is 31.3 Å². The van der Waals surface area contributed by atoms with E-state index in [0.717, 1.165) is 28.8 Å². The summed E-state index contributed by atoms with van der Waals surface area (Å²) in [5.41, 5.74) is 4.28. The van der Waals surface area contributed by atoms with E-state index in [1.807, 2.05) is 26.0 Å². The quantitative estimate of drug-likeness (QED) is 0.725. The number of hydrogen-bond donors (Lipinski definition) is 0. The van der Waals surface area contributed by atoms with E-state index in [4.69, 9.17) is 14.2 Å². The van der Waals surface area contributed by atoms with E-state index in [-0.39, 0.29) is 11.7 Å². The number of ether oxygens (including phenoxy) is 3. The highest BCUT2D eigenvalue weighted by atomic mass is 16.7. The Morgan fingerprint density at radius 1 is 1.07 bits per heavy atom. The molecule has 6 nitrogen and oxygen atoms in total. The van der Waals surface area contributed by atoms with E-state index in [1.165, 1.54) is 6.92 Å². The maximum absolute atomic E-state index is 13.4. The Hall–Kier alpha value is -2.70. The Labute approximate surface area is 170 Å². The first-order valence-electron chi connectivity index (χ1n) is 9.88. The predicted octanol–water partition coefficient (Wildman–Crippen LogP) is 3.52. The molecule has 1 fully saturated rings. The average Bonchev–Trinajstić information content (AvgIpc) is 2.95. The van der Waals surface area contributed by atoms with Gasteiger partial charge in [-0.2, -0.15) is 0 Å². The second kappa shape index (κ2) is 7.61. The molecule has 2 aliphatic heterocycles. The van der Waals surface area contributed by atoms with Crippen LogP contribution in [0.3, 0.4) is 0 Å². The van der Waals surface area contributed by atoms with Gasteiger partial charge in [-0.15, -0.1) is 0 Å². The number of ketones is 1. The van der Waals surface area contributed by atoms with Gasteiger partial charge in [-0.25, -0.2) is 0 Å². The molecule has 2 aromatic carbocycles. The third-order valence-electron chi connectivity index (χ3n) is 5.46. The Balaban J connectivity index is 1.56. The fraction of sp³-hybridized carbons (Fsp3) is 0.391. The van der Waals surface area contributed by atoms with Gasteiger partial charge in [-0.05, 0) is 62.6 Å². The first-order valence-corrected chi connectivity index (χ1v) is 9.88. The Bertz CT molecular complexity index is 944. The van der Waals surface area contributed by atoms with E-state index in [2.05, 4.69) is 0 Å². The molecule has 1 spiro atoms. The molecule has 4 rings (SSSR count). The highest BCUT2D eigenvalue weighted by molar-refractivity contribution is 6.07. The van der Waals surface area contributed by atoms with Crippen LogP contribution in [0.1, 0.15) is 40.4 Å². The number of aryl methyl sites for hydroxylation is 2. The molecule has 1 saturated heterocycles. The van der Waals surface area contributed by atoms with Gasteiger partial charge in [0.1, 0.15) is 12.4 Å². The topological polar surface area (TPSA) is 65.1 Å². The van der Waals surface area contributed by atoms with Gasteiger partial charge in [-0.1, -0.05) is 12.1 Å². The zero-order valence-corrected chi connectivity index (χ0v) is 17.0. The van der Waals surface area contributed by atoms with Crippen molar-refractivity contribution in [2.24, 2.45) is 0 Å². The minimum atomic E-state index is -1.34. The normalized spacial score (nSPS) is 17.5. The van der Waals surface area contributed by atoms with Crippen molar-refractivity contribution in [3.8, 4) is 5.75 Å². The molecule has 2 aliphatic rings. The number of Topliss-reactive ketones (excluding diaryl/α,β-unsaturated/α-hetero) is 1. The highest BCUT2D eigenvalue weighted by Crippen LogP contribution is 2.48. The summed E-state index contributed by atoms with van der Waals surface area (Å²) in [5, 5.41) is 0. The zero-order valence-electron chi connectivity index (χ0n) is 17.0. The summed E-state index contributed by atoms with van der Waals surface area (Å²) in [5.74, 6) is -0.866. The standard InChI is InChI=1S/C23H25NO5/c1-15-5-6-16(2)21-20(15)23(28-12-4-13-29-23)22(26)24(21)11-14-27-19-9-7-18(8-10-19)17(3)25/h5-10H,4,11-14H2,1-3H3. The minimum Gasteiger partial charge on any atom is -0.492 e. The first kappa shape index (κ1) is 19.6. The molecule has 152 valence electrons. The molecule has 29 heavy (non-hydrogen) atoms. The molecule has 0 radical (unpaired) electrons. The van der Waals surface area contributed by atoms with Gasteiger partial charge in [0.2, 0.25) is 0 Å². The third kappa shape index (κ3) is 3.32. The van der Waals surface area contributed by atoms with Crippen LogP contribution in [0.2, 0.25) is 0 Å². The van der Waals surface area contributed by atoms with Crippen molar-refractivity contribution in [2.45, 2.75) is 33.0 Å². The number of nitrogens with zero attached hydrogens (tertiary/aromatic N) is 1. The van der Waals surface area contributed by atoms with Crippen LogP contribution in [0.15, 0.2) is 36.4 Å². The number of carbonyl (C=O) groups excluding carboxylic acids is 2. The van der Waals surface area contributed by atoms with Crippen LogP contribution < -0.4 is 9.64 Å². The second-order valence-corrected chi connectivity index (χ2v) is 7.48. The Morgan fingerprint density at radius 3 is 2.38 bits per heavy atom. The second-order valence-electron chi connectivity index (χ2n) is 7.48. The Kier molecular flexibility index (Phi) is 5.15. The smallest absolute Gasteiger partial charge is 0.292 e. The zero-order chi connectivity index (χ0) is 20.6.